The van der Waals surface area contributed by atoms with Gasteiger partial charge in [-0.1, -0.05) is 43.9 Å². The number of carbonyl (C=O) groups is 1. The summed E-state index contributed by atoms with van der Waals surface area (Å²) < 4.78 is 0. The first-order valence-electron chi connectivity index (χ1n) is 8.14. The van der Waals surface area contributed by atoms with Gasteiger partial charge in [-0.25, -0.2) is 0 Å². The highest BCUT2D eigenvalue weighted by molar-refractivity contribution is 5.88. The van der Waals surface area contributed by atoms with Gasteiger partial charge < -0.3 is 10.3 Å². The lowest BCUT2D eigenvalue weighted by Crippen LogP contribution is -2.26. The van der Waals surface area contributed by atoms with E-state index in [-0.39, 0.29) is 5.91 Å². The van der Waals surface area contributed by atoms with Gasteiger partial charge in [0.1, 0.15) is 0 Å². The third-order valence-corrected chi connectivity index (χ3v) is 4.61. The molecule has 21 heavy (non-hydrogen) atoms. The first kappa shape index (κ1) is 14.2. The number of H-pyrrole nitrogens is 1. The van der Waals surface area contributed by atoms with Gasteiger partial charge in [-0.15, -0.1) is 0 Å². The second-order valence-corrected chi connectivity index (χ2v) is 6.18. The van der Waals surface area contributed by atoms with Crippen LogP contribution in [-0.2, 0) is 11.2 Å². The van der Waals surface area contributed by atoms with E-state index in [1.807, 2.05) is 24.4 Å². The van der Waals surface area contributed by atoms with E-state index >= 15 is 0 Å². The Bertz CT molecular complexity index is 596. The Labute approximate surface area is 126 Å². The minimum atomic E-state index is 0.131. The van der Waals surface area contributed by atoms with Crippen molar-refractivity contribution < 1.29 is 4.79 Å². The minimum absolute atomic E-state index is 0.131. The van der Waals surface area contributed by atoms with Crippen LogP contribution in [-0.4, -0.2) is 17.4 Å². The number of carbonyl (C=O) groups excluding carboxylic acids is 1. The van der Waals surface area contributed by atoms with Crippen LogP contribution in [0.25, 0.3) is 10.9 Å². The Morgan fingerprint density at radius 3 is 2.90 bits per heavy atom. The largest absolute Gasteiger partial charge is 0.361 e. The van der Waals surface area contributed by atoms with Crippen LogP contribution in [0.15, 0.2) is 30.5 Å². The molecule has 1 amide bonds. The van der Waals surface area contributed by atoms with Crippen LogP contribution in [0, 0.1) is 5.92 Å². The quantitative estimate of drug-likeness (QED) is 0.779. The number of hydrogen-bond acceptors (Lipinski definition) is 1. The lowest BCUT2D eigenvalue weighted by Gasteiger charge is -2.09. The van der Waals surface area contributed by atoms with Crippen molar-refractivity contribution in [2.45, 2.75) is 44.9 Å². The van der Waals surface area contributed by atoms with Gasteiger partial charge in [0.15, 0.2) is 0 Å². The van der Waals surface area contributed by atoms with Crippen LogP contribution in [0.3, 0.4) is 0 Å². The lowest BCUT2D eigenvalue weighted by atomic mass is 10.0. The molecule has 112 valence electrons. The Morgan fingerprint density at radius 2 is 2.05 bits per heavy atom. The molecule has 0 unspecified atom stereocenters. The second-order valence-electron chi connectivity index (χ2n) is 6.18. The summed E-state index contributed by atoms with van der Waals surface area (Å²) in [5.74, 6) is 1.04. The topological polar surface area (TPSA) is 44.9 Å². The summed E-state index contributed by atoms with van der Waals surface area (Å²) >= 11 is 0. The molecule has 3 rings (SSSR count). The van der Waals surface area contributed by atoms with Gasteiger partial charge >= 0.3 is 0 Å². The smallest absolute Gasteiger partial charge is 0.224 e. The van der Waals surface area contributed by atoms with E-state index in [4.69, 9.17) is 0 Å². The molecule has 1 heterocycles. The monoisotopic (exact) mass is 284 g/mol. The van der Waals surface area contributed by atoms with Crippen molar-refractivity contribution in [2.24, 2.45) is 5.92 Å². The highest BCUT2D eigenvalue weighted by atomic mass is 16.1. The van der Waals surface area contributed by atoms with Gasteiger partial charge in [-0.05, 0) is 30.4 Å². The van der Waals surface area contributed by atoms with Gasteiger partial charge in [0.2, 0.25) is 5.91 Å². The number of para-hydroxylation sites is 1. The maximum Gasteiger partial charge on any atom is 0.224 e. The molecule has 0 spiro atoms. The summed E-state index contributed by atoms with van der Waals surface area (Å²) in [6.45, 7) is 0.817. The van der Waals surface area contributed by atoms with Gasteiger partial charge in [-0.3, -0.25) is 4.79 Å². The van der Waals surface area contributed by atoms with Crippen molar-refractivity contribution in [3.8, 4) is 0 Å². The van der Waals surface area contributed by atoms with E-state index < -0.39 is 0 Å². The summed E-state index contributed by atoms with van der Waals surface area (Å²) in [5.41, 5.74) is 2.18. The number of aromatic amines is 1. The fourth-order valence-corrected chi connectivity index (χ4v) is 3.43. The first-order chi connectivity index (χ1) is 10.3. The normalized spacial score (nSPS) is 15.6. The third-order valence-electron chi connectivity index (χ3n) is 4.61. The number of aromatic nitrogens is 1. The maximum atomic E-state index is 12.0. The Balaban J connectivity index is 1.43. The summed E-state index contributed by atoms with van der Waals surface area (Å²) in [6.07, 6.45) is 10.4. The Hall–Kier alpha value is -1.77. The van der Waals surface area contributed by atoms with Crippen LogP contribution in [0.1, 0.15) is 44.1 Å². The SMILES string of the molecule is O=C(Cc1c[nH]c2ccccc12)NCCCC1CCCC1. The maximum absolute atomic E-state index is 12.0. The van der Waals surface area contributed by atoms with Crippen LogP contribution < -0.4 is 5.32 Å². The van der Waals surface area contributed by atoms with Gasteiger partial charge in [0, 0.05) is 23.6 Å². The van der Waals surface area contributed by atoms with E-state index in [1.165, 1.54) is 32.1 Å². The highest BCUT2D eigenvalue weighted by Crippen LogP contribution is 2.28. The predicted octanol–water partition coefficient (Wildman–Crippen LogP) is 3.80. The number of amides is 1. The number of rotatable bonds is 6. The highest BCUT2D eigenvalue weighted by Gasteiger charge is 2.14. The lowest BCUT2D eigenvalue weighted by molar-refractivity contribution is -0.120. The van der Waals surface area contributed by atoms with Crippen LogP contribution >= 0.6 is 0 Å². The van der Waals surface area contributed by atoms with Gasteiger partial charge in [0.25, 0.3) is 0 Å². The van der Waals surface area contributed by atoms with Crippen molar-refractivity contribution in [3.05, 3.63) is 36.0 Å². The zero-order valence-electron chi connectivity index (χ0n) is 12.5. The van der Waals surface area contributed by atoms with Crippen molar-refractivity contribution >= 4 is 16.8 Å². The molecule has 3 nitrogen and oxygen atoms in total. The first-order valence-corrected chi connectivity index (χ1v) is 8.14. The fourth-order valence-electron chi connectivity index (χ4n) is 3.43. The molecule has 0 bridgehead atoms. The van der Waals surface area contributed by atoms with E-state index in [0.29, 0.717) is 6.42 Å². The summed E-state index contributed by atoms with van der Waals surface area (Å²) in [5, 5.41) is 4.21. The zero-order valence-corrected chi connectivity index (χ0v) is 12.5. The van der Waals surface area contributed by atoms with Crippen LogP contribution in [0.2, 0.25) is 0 Å². The Morgan fingerprint density at radius 1 is 1.24 bits per heavy atom. The van der Waals surface area contributed by atoms with E-state index in [2.05, 4.69) is 16.4 Å². The van der Waals surface area contributed by atoms with Crippen molar-refractivity contribution in [2.75, 3.05) is 6.54 Å². The minimum Gasteiger partial charge on any atom is -0.361 e. The van der Waals surface area contributed by atoms with Gasteiger partial charge in [-0.2, -0.15) is 0 Å². The molecule has 1 saturated carbocycles. The van der Waals surface area contributed by atoms with Gasteiger partial charge in [0.05, 0.1) is 6.42 Å². The average Bonchev–Trinajstić information content (AvgIpc) is 3.14. The van der Waals surface area contributed by atoms with Crippen molar-refractivity contribution in [1.29, 1.82) is 0 Å². The van der Waals surface area contributed by atoms with Crippen molar-refractivity contribution in [1.82, 2.24) is 10.3 Å². The molecule has 3 heteroatoms. The zero-order chi connectivity index (χ0) is 14.5. The molecule has 1 aliphatic carbocycles. The van der Waals surface area contributed by atoms with Crippen LogP contribution in [0.5, 0.6) is 0 Å². The molecule has 0 atom stereocenters. The number of hydrogen-bond donors (Lipinski definition) is 2. The Kier molecular flexibility index (Phi) is 4.59. The molecular weight excluding hydrogens is 260 g/mol. The fraction of sp³-hybridized carbons (Fsp3) is 0.500. The summed E-state index contributed by atoms with van der Waals surface area (Å²) in [4.78, 5) is 15.2. The molecule has 0 radical (unpaired) electrons. The molecule has 1 aromatic carbocycles. The number of benzene rings is 1. The molecule has 0 saturated heterocycles. The second kappa shape index (κ2) is 6.79. The standard InChI is InChI=1S/C18H24N2O/c21-18(19-11-5-8-14-6-1-2-7-14)12-15-13-20-17-10-4-3-9-16(15)17/h3-4,9-10,13-14,20H,1-2,5-8,11-12H2,(H,19,21). The number of fused-ring (bicyclic) bond motifs is 1. The molecule has 1 fully saturated rings. The molecule has 1 aromatic heterocycles. The molecule has 0 aliphatic heterocycles. The summed E-state index contributed by atoms with van der Waals surface area (Å²) in [6, 6.07) is 8.12. The van der Waals surface area contributed by atoms with E-state index in [0.717, 1.165) is 35.3 Å². The van der Waals surface area contributed by atoms with E-state index in [9.17, 15) is 4.79 Å². The predicted molar refractivity (Wildman–Crippen MR) is 86.2 cm³/mol. The summed E-state index contributed by atoms with van der Waals surface area (Å²) in [7, 11) is 0. The third kappa shape index (κ3) is 3.66. The molecular formula is C18H24N2O. The van der Waals surface area contributed by atoms with Crippen molar-refractivity contribution in [3.63, 3.8) is 0 Å². The van der Waals surface area contributed by atoms with E-state index in [1.54, 1.807) is 0 Å². The average molecular weight is 284 g/mol. The number of nitrogens with one attached hydrogen (secondary N) is 2. The molecule has 2 aromatic rings. The van der Waals surface area contributed by atoms with Crippen LogP contribution in [0.4, 0.5) is 0 Å². The molecule has 2 N–H and O–H groups in total. The molecule has 1 aliphatic rings.